The van der Waals surface area contributed by atoms with Gasteiger partial charge < -0.3 is 4.98 Å². The van der Waals surface area contributed by atoms with Crippen molar-refractivity contribution in [3.05, 3.63) is 74.4 Å². The molecule has 8 nitrogen and oxygen atoms in total. The molecule has 1 aliphatic carbocycles. The van der Waals surface area contributed by atoms with Gasteiger partial charge in [0, 0.05) is 18.6 Å². The van der Waals surface area contributed by atoms with E-state index in [1.54, 1.807) is 12.3 Å². The van der Waals surface area contributed by atoms with Gasteiger partial charge in [0.2, 0.25) is 0 Å². The van der Waals surface area contributed by atoms with Crippen LogP contribution >= 0.6 is 0 Å². The van der Waals surface area contributed by atoms with Crippen LogP contribution in [0.5, 0.6) is 0 Å². The van der Waals surface area contributed by atoms with E-state index in [9.17, 15) is 14.9 Å². The minimum Gasteiger partial charge on any atom is -0.313 e. The number of H-pyrrole nitrogens is 2. The molecule has 2 atom stereocenters. The fourth-order valence-electron chi connectivity index (χ4n) is 3.01. The maximum absolute atomic E-state index is 12.0. The molecule has 0 amide bonds. The lowest BCUT2D eigenvalue weighted by Crippen LogP contribution is -2.23. The Balaban J connectivity index is 1.75. The van der Waals surface area contributed by atoms with Crippen molar-refractivity contribution >= 4 is 0 Å². The van der Waals surface area contributed by atoms with Gasteiger partial charge in [0.25, 0.3) is 5.56 Å². The minimum atomic E-state index is -0.589. The van der Waals surface area contributed by atoms with Crippen molar-refractivity contribution in [1.82, 2.24) is 25.1 Å². The summed E-state index contributed by atoms with van der Waals surface area (Å²) in [7, 11) is 0. The van der Waals surface area contributed by atoms with Crippen LogP contribution in [0, 0.1) is 11.3 Å². The molecule has 1 saturated carbocycles. The van der Waals surface area contributed by atoms with E-state index in [1.165, 1.54) is 6.20 Å². The van der Waals surface area contributed by atoms with Gasteiger partial charge >= 0.3 is 5.69 Å². The van der Waals surface area contributed by atoms with Gasteiger partial charge in [0.1, 0.15) is 11.8 Å². The number of nitrogens with one attached hydrogen (secondary N) is 2. The molecule has 4 rings (SSSR count). The summed E-state index contributed by atoms with van der Waals surface area (Å²) in [6.07, 6.45) is 5.72. The molecule has 0 unspecified atom stereocenters. The largest absolute Gasteiger partial charge is 0.325 e. The lowest BCUT2D eigenvalue weighted by molar-refractivity contribution is 0.932. The van der Waals surface area contributed by atoms with Crippen molar-refractivity contribution in [3.8, 4) is 17.3 Å². The lowest BCUT2D eigenvalue weighted by Gasteiger charge is -2.05. The Morgan fingerprint density at radius 1 is 1.24 bits per heavy atom. The van der Waals surface area contributed by atoms with E-state index in [0.29, 0.717) is 5.69 Å². The van der Waals surface area contributed by atoms with Crippen LogP contribution in [0.15, 0.2) is 46.4 Å². The first-order valence-electron chi connectivity index (χ1n) is 7.67. The van der Waals surface area contributed by atoms with E-state index in [0.717, 1.165) is 17.5 Å². The number of nitriles is 1. The standard InChI is InChI=1S/C17H12N6O2/c18-6-15-12(11-4-10(11)9-2-1-3-19-7-9)5-14(22-23-15)13-8-20-17(25)21-16(13)24/h1-3,5,7-8,10-11H,4H2,(H2,20,21,24,25)/t10-,11+/m1/s1. The molecule has 3 heterocycles. The highest BCUT2D eigenvalue weighted by Crippen LogP contribution is 2.55. The van der Waals surface area contributed by atoms with Crippen LogP contribution in [-0.4, -0.2) is 25.1 Å². The number of hydrogen-bond acceptors (Lipinski definition) is 6. The smallest absolute Gasteiger partial charge is 0.313 e. The summed E-state index contributed by atoms with van der Waals surface area (Å²) >= 11 is 0. The summed E-state index contributed by atoms with van der Waals surface area (Å²) in [6.45, 7) is 0. The molecule has 0 aliphatic heterocycles. The summed E-state index contributed by atoms with van der Waals surface area (Å²) in [5.74, 6) is 0.404. The summed E-state index contributed by atoms with van der Waals surface area (Å²) < 4.78 is 0. The second-order valence-corrected chi connectivity index (χ2v) is 5.87. The van der Waals surface area contributed by atoms with Crippen molar-refractivity contribution < 1.29 is 0 Å². The monoisotopic (exact) mass is 332 g/mol. The Bertz CT molecular complexity index is 1100. The number of hydrogen-bond donors (Lipinski definition) is 2. The van der Waals surface area contributed by atoms with Crippen LogP contribution in [0.4, 0.5) is 0 Å². The van der Waals surface area contributed by atoms with Gasteiger partial charge in [0.05, 0.1) is 5.56 Å². The first-order valence-corrected chi connectivity index (χ1v) is 7.67. The number of aromatic amines is 2. The molecule has 0 spiro atoms. The predicted molar refractivity (Wildman–Crippen MR) is 87.8 cm³/mol. The lowest BCUT2D eigenvalue weighted by atomic mass is 10.0. The fourth-order valence-corrected chi connectivity index (χ4v) is 3.01. The third-order valence-corrected chi connectivity index (χ3v) is 4.33. The fraction of sp³-hybridized carbons (Fsp3) is 0.176. The van der Waals surface area contributed by atoms with E-state index in [-0.39, 0.29) is 23.1 Å². The van der Waals surface area contributed by atoms with Crippen molar-refractivity contribution in [1.29, 1.82) is 5.26 Å². The van der Waals surface area contributed by atoms with E-state index in [2.05, 4.69) is 31.2 Å². The SMILES string of the molecule is N#Cc1nnc(-c2c[nH]c(=O)[nH]c2=O)cc1[C@H]1C[C@@H]1c1cccnc1. The maximum atomic E-state index is 12.0. The molecular formula is C17H12N6O2. The van der Waals surface area contributed by atoms with Crippen molar-refractivity contribution in [2.24, 2.45) is 0 Å². The molecule has 3 aromatic rings. The van der Waals surface area contributed by atoms with Gasteiger partial charge in [-0.3, -0.25) is 14.8 Å². The highest BCUT2D eigenvalue weighted by atomic mass is 16.2. The number of nitrogens with zero attached hydrogens (tertiary/aromatic N) is 4. The Morgan fingerprint density at radius 2 is 2.12 bits per heavy atom. The second-order valence-electron chi connectivity index (χ2n) is 5.87. The zero-order valence-corrected chi connectivity index (χ0v) is 12.9. The Morgan fingerprint density at radius 3 is 2.84 bits per heavy atom. The number of aromatic nitrogens is 5. The summed E-state index contributed by atoms with van der Waals surface area (Å²) in [5.41, 5.74) is 1.51. The van der Waals surface area contributed by atoms with E-state index in [1.807, 2.05) is 18.3 Å². The molecule has 122 valence electrons. The third kappa shape index (κ3) is 2.72. The molecule has 1 aliphatic rings. The van der Waals surface area contributed by atoms with Gasteiger partial charge in [0.15, 0.2) is 5.69 Å². The first kappa shape index (κ1) is 15.0. The Hall–Kier alpha value is -3.60. The average Bonchev–Trinajstić information content (AvgIpc) is 3.43. The molecule has 3 aromatic heterocycles. The van der Waals surface area contributed by atoms with Gasteiger partial charge in [-0.15, -0.1) is 10.2 Å². The van der Waals surface area contributed by atoms with Crippen LogP contribution in [0.3, 0.4) is 0 Å². The van der Waals surface area contributed by atoms with Crippen molar-refractivity contribution in [3.63, 3.8) is 0 Å². The molecule has 2 N–H and O–H groups in total. The van der Waals surface area contributed by atoms with Crippen LogP contribution in [0.2, 0.25) is 0 Å². The van der Waals surface area contributed by atoms with Gasteiger partial charge in [-0.25, -0.2) is 4.79 Å². The number of rotatable bonds is 3. The Labute approximate surface area is 141 Å². The van der Waals surface area contributed by atoms with Gasteiger partial charge in [-0.1, -0.05) is 6.07 Å². The molecular weight excluding hydrogens is 320 g/mol. The Kier molecular flexibility index (Phi) is 3.47. The third-order valence-electron chi connectivity index (χ3n) is 4.33. The summed E-state index contributed by atoms with van der Waals surface area (Å²) in [5, 5.41) is 17.2. The number of pyridine rings is 1. The molecule has 1 fully saturated rings. The zero-order valence-electron chi connectivity index (χ0n) is 12.9. The predicted octanol–water partition coefficient (Wildman–Crippen LogP) is 1.06. The molecule has 0 bridgehead atoms. The zero-order chi connectivity index (χ0) is 17.4. The topological polar surface area (TPSA) is 128 Å². The van der Waals surface area contributed by atoms with Crippen LogP contribution in [0.1, 0.15) is 35.1 Å². The maximum Gasteiger partial charge on any atom is 0.325 e. The van der Waals surface area contributed by atoms with Gasteiger partial charge in [-0.2, -0.15) is 5.26 Å². The van der Waals surface area contributed by atoms with E-state index < -0.39 is 11.2 Å². The normalized spacial score (nSPS) is 18.5. The molecule has 0 saturated heterocycles. The first-order chi connectivity index (χ1) is 12.2. The second kappa shape index (κ2) is 5.79. The summed E-state index contributed by atoms with van der Waals surface area (Å²) in [6, 6.07) is 7.65. The highest BCUT2D eigenvalue weighted by Gasteiger charge is 2.41. The average molecular weight is 332 g/mol. The highest BCUT2D eigenvalue weighted by molar-refractivity contribution is 5.59. The van der Waals surface area contributed by atoms with Crippen molar-refractivity contribution in [2.75, 3.05) is 0 Å². The van der Waals surface area contributed by atoms with Crippen molar-refractivity contribution in [2.45, 2.75) is 18.3 Å². The van der Waals surface area contributed by atoms with Crippen LogP contribution in [-0.2, 0) is 0 Å². The van der Waals surface area contributed by atoms with Crippen LogP contribution < -0.4 is 11.2 Å². The van der Waals surface area contributed by atoms with E-state index >= 15 is 0 Å². The molecule has 25 heavy (non-hydrogen) atoms. The van der Waals surface area contributed by atoms with Crippen LogP contribution in [0.25, 0.3) is 11.3 Å². The van der Waals surface area contributed by atoms with E-state index in [4.69, 9.17) is 0 Å². The minimum absolute atomic E-state index is 0.134. The quantitative estimate of drug-likeness (QED) is 0.738. The molecule has 8 heteroatoms. The molecule has 0 radical (unpaired) electrons. The summed E-state index contributed by atoms with van der Waals surface area (Å²) in [4.78, 5) is 31.8. The van der Waals surface area contributed by atoms with Gasteiger partial charge in [-0.05, 0) is 41.5 Å². The molecule has 0 aromatic carbocycles.